The Morgan fingerprint density at radius 3 is 2.66 bits per heavy atom. The molecule has 2 aromatic rings. The van der Waals surface area contributed by atoms with Gasteiger partial charge in [-0.25, -0.2) is 5.43 Å². The van der Waals surface area contributed by atoms with Crippen LogP contribution in [0.3, 0.4) is 0 Å². The van der Waals surface area contributed by atoms with E-state index in [1.165, 1.54) is 6.21 Å². The highest BCUT2D eigenvalue weighted by molar-refractivity contribution is 9.10. The molecule has 0 bridgehead atoms. The second-order valence-electron chi connectivity index (χ2n) is 5.95. The maximum atomic E-state index is 12.1. The molecule has 0 aromatic heterocycles. The molecule has 0 heterocycles. The lowest BCUT2D eigenvalue weighted by Crippen LogP contribution is -2.37. The summed E-state index contributed by atoms with van der Waals surface area (Å²) in [5.74, 6) is -1.57. The Kier molecular flexibility index (Phi) is 8.35. The Morgan fingerprint density at radius 2 is 1.93 bits per heavy atom. The molecule has 0 radical (unpaired) electrons. The first-order chi connectivity index (χ1) is 13.9. The summed E-state index contributed by atoms with van der Waals surface area (Å²) >= 11 is 3.34. The lowest BCUT2D eigenvalue weighted by molar-refractivity contribution is -0.139. The minimum Gasteiger partial charge on any atom is -0.483 e. The standard InChI is InChI=1S/C20H21BrN4O4/c1-3-22-19(27)20(28)25-23-11-14-10-15(21)7-8-17(14)29-12-18(26)24-16-6-4-5-13(2)9-16/h4-11H,3,12H2,1-2H3,(H,22,27)(H,24,26)(H,25,28)/b23-11-. The van der Waals surface area contributed by atoms with Crippen LogP contribution in [0.15, 0.2) is 52.0 Å². The minimum absolute atomic E-state index is 0.207. The van der Waals surface area contributed by atoms with Crippen molar-refractivity contribution in [2.75, 3.05) is 18.5 Å². The zero-order valence-electron chi connectivity index (χ0n) is 16.0. The van der Waals surface area contributed by atoms with Crippen molar-refractivity contribution in [3.8, 4) is 5.75 Å². The number of amides is 3. The van der Waals surface area contributed by atoms with Gasteiger partial charge in [0.15, 0.2) is 6.61 Å². The number of ether oxygens (including phenoxy) is 1. The van der Waals surface area contributed by atoms with E-state index in [9.17, 15) is 14.4 Å². The van der Waals surface area contributed by atoms with E-state index in [1.54, 1.807) is 31.2 Å². The van der Waals surface area contributed by atoms with Crippen molar-refractivity contribution in [1.82, 2.24) is 10.7 Å². The summed E-state index contributed by atoms with van der Waals surface area (Å²) in [6, 6.07) is 12.5. The quantitative estimate of drug-likeness (QED) is 0.334. The number of likely N-dealkylation sites (N-methyl/N-ethyl adjacent to an activating group) is 1. The minimum atomic E-state index is -0.877. The Labute approximate surface area is 176 Å². The number of nitrogens with zero attached hydrogens (tertiary/aromatic N) is 1. The van der Waals surface area contributed by atoms with Crippen LogP contribution in [0.1, 0.15) is 18.1 Å². The van der Waals surface area contributed by atoms with Crippen molar-refractivity contribution in [2.45, 2.75) is 13.8 Å². The van der Waals surface area contributed by atoms with Crippen molar-refractivity contribution in [2.24, 2.45) is 5.10 Å². The first-order valence-electron chi connectivity index (χ1n) is 8.79. The Balaban J connectivity index is 1.98. The van der Waals surface area contributed by atoms with Gasteiger partial charge in [0.05, 0.1) is 6.21 Å². The first kappa shape index (κ1) is 22.1. The summed E-state index contributed by atoms with van der Waals surface area (Å²) in [6.45, 7) is 3.77. The van der Waals surface area contributed by atoms with Crippen LogP contribution in [0.4, 0.5) is 5.69 Å². The van der Waals surface area contributed by atoms with Crippen molar-refractivity contribution in [1.29, 1.82) is 0 Å². The topological polar surface area (TPSA) is 109 Å². The molecule has 0 aliphatic carbocycles. The number of benzene rings is 2. The molecule has 2 aromatic carbocycles. The van der Waals surface area contributed by atoms with E-state index in [0.717, 1.165) is 10.0 Å². The van der Waals surface area contributed by atoms with E-state index in [0.29, 0.717) is 23.5 Å². The van der Waals surface area contributed by atoms with Crippen LogP contribution in [0.25, 0.3) is 0 Å². The average molecular weight is 461 g/mol. The van der Waals surface area contributed by atoms with E-state index >= 15 is 0 Å². The van der Waals surface area contributed by atoms with Gasteiger partial charge < -0.3 is 15.4 Å². The van der Waals surface area contributed by atoms with Gasteiger partial charge in [0, 0.05) is 22.3 Å². The largest absolute Gasteiger partial charge is 0.483 e. The zero-order chi connectivity index (χ0) is 21.2. The third kappa shape index (κ3) is 7.38. The molecule has 0 fully saturated rings. The molecule has 0 saturated heterocycles. The van der Waals surface area contributed by atoms with Gasteiger partial charge in [-0.3, -0.25) is 14.4 Å². The van der Waals surface area contributed by atoms with Crippen LogP contribution in [0.5, 0.6) is 5.75 Å². The van der Waals surface area contributed by atoms with Crippen molar-refractivity contribution in [3.05, 3.63) is 58.1 Å². The molecule has 0 saturated carbocycles. The highest BCUT2D eigenvalue weighted by Gasteiger charge is 2.11. The Morgan fingerprint density at radius 1 is 1.14 bits per heavy atom. The van der Waals surface area contributed by atoms with Crippen LogP contribution in [-0.2, 0) is 14.4 Å². The predicted octanol–water partition coefficient (Wildman–Crippen LogP) is 2.36. The average Bonchev–Trinajstić information content (AvgIpc) is 2.67. The monoisotopic (exact) mass is 460 g/mol. The lowest BCUT2D eigenvalue weighted by atomic mass is 10.2. The summed E-state index contributed by atoms with van der Waals surface area (Å²) in [5.41, 5.74) is 4.36. The number of hydrogen-bond acceptors (Lipinski definition) is 5. The molecular formula is C20H21BrN4O4. The second-order valence-corrected chi connectivity index (χ2v) is 6.86. The van der Waals surface area contributed by atoms with Crippen LogP contribution < -0.4 is 20.8 Å². The molecule has 3 amide bonds. The summed E-state index contributed by atoms with van der Waals surface area (Å²) < 4.78 is 6.34. The number of carbonyl (C=O) groups excluding carboxylic acids is 3. The molecule has 3 N–H and O–H groups in total. The highest BCUT2D eigenvalue weighted by Crippen LogP contribution is 2.22. The van der Waals surface area contributed by atoms with E-state index < -0.39 is 11.8 Å². The molecule has 0 aliphatic heterocycles. The van der Waals surface area contributed by atoms with E-state index in [4.69, 9.17) is 4.74 Å². The number of hydrogen-bond donors (Lipinski definition) is 3. The third-order valence-corrected chi connectivity index (χ3v) is 4.04. The van der Waals surface area contributed by atoms with Crippen LogP contribution in [0, 0.1) is 6.92 Å². The van der Waals surface area contributed by atoms with Gasteiger partial charge in [-0.2, -0.15) is 5.10 Å². The van der Waals surface area contributed by atoms with Crippen LogP contribution in [0.2, 0.25) is 0 Å². The molecule has 0 atom stereocenters. The van der Waals surface area contributed by atoms with Crippen LogP contribution >= 0.6 is 15.9 Å². The van der Waals surface area contributed by atoms with Gasteiger partial charge in [-0.05, 0) is 49.7 Å². The molecule has 0 unspecified atom stereocenters. The number of hydrazone groups is 1. The fourth-order valence-electron chi connectivity index (χ4n) is 2.27. The smallest absolute Gasteiger partial charge is 0.329 e. The maximum absolute atomic E-state index is 12.1. The summed E-state index contributed by atoms with van der Waals surface area (Å²) in [5, 5.41) is 8.89. The number of carbonyl (C=O) groups is 3. The molecule has 9 heteroatoms. The second kappa shape index (κ2) is 11.0. The lowest BCUT2D eigenvalue weighted by Gasteiger charge is -2.10. The van der Waals surface area contributed by atoms with Gasteiger partial charge in [0.25, 0.3) is 5.91 Å². The molecule has 29 heavy (non-hydrogen) atoms. The van der Waals surface area contributed by atoms with Gasteiger partial charge in [-0.15, -0.1) is 0 Å². The van der Waals surface area contributed by atoms with Crippen molar-refractivity contribution in [3.63, 3.8) is 0 Å². The van der Waals surface area contributed by atoms with E-state index in [1.807, 2.05) is 25.1 Å². The van der Waals surface area contributed by atoms with Crippen molar-refractivity contribution >= 4 is 45.6 Å². The van der Waals surface area contributed by atoms with Crippen LogP contribution in [-0.4, -0.2) is 37.1 Å². The van der Waals surface area contributed by atoms with Gasteiger partial charge in [0.2, 0.25) is 0 Å². The van der Waals surface area contributed by atoms with E-state index in [-0.39, 0.29) is 12.5 Å². The van der Waals surface area contributed by atoms with Crippen molar-refractivity contribution < 1.29 is 19.1 Å². The normalized spacial score (nSPS) is 10.4. The van der Waals surface area contributed by atoms with E-state index in [2.05, 4.69) is 37.1 Å². The molecule has 8 nitrogen and oxygen atoms in total. The summed E-state index contributed by atoms with van der Waals surface area (Å²) in [7, 11) is 0. The Bertz CT molecular complexity index is 930. The molecule has 0 spiro atoms. The molecule has 152 valence electrons. The molecular weight excluding hydrogens is 440 g/mol. The maximum Gasteiger partial charge on any atom is 0.329 e. The first-order valence-corrected chi connectivity index (χ1v) is 9.58. The van der Waals surface area contributed by atoms with Gasteiger partial charge >= 0.3 is 11.8 Å². The predicted molar refractivity (Wildman–Crippen MR) is 114 cm³/mol. The highest BCUT2D eigenvalue weighted by atomic mass is 79.9. The summed E-state index contributed by atoms with van der Waals surface area (Å²) in [4.78, 5) is 35.1. The molecule has 0 aliphatic rings. The number of halogens is 1. The molecule has 2 rings (SSSR count). The number of anilines is 1. The zero-order valence-corrected chi connectivity index (χ0v) is 17.6. The SMILES string of the molecule is CCNC(=O)C(=O)N/N=C\c1cc(Br)ccc1OCC(=O)Nc1cccc(C)c1. The Hall–Kier alpha value is -3.20. The fraction of sp³-hybridized carbons (Fsp3) is 0.200. The number of rotatable bonds is 7. The summed E-state index contributed by atoms with van der Waals surface area (Å²) in [6.07, 6.45) is 1.33. The van der Waals surface area contributed by atoms with Gasteiger partial charge in [-0.1, -0.05) is 28.1 Å². The third-order valence-electron chi connectivity index (χ3n) is 3.55. The number of nitrogens with one attached hydrogen (secondary N) is 3. The number of aryl methyl sites for hydroxylation is 1. The fourth-order valence-corrected chi connectivity index (χ4v) is 2.65. The van der Waals surface area contributed by atoms with Gasteiger partial charge in [0.1, 0.15) is 5.75 Å².